The second-order valence-corrected chi connectivity index (χ2v) is 1.73. The minimum atomic E-state index is -0.520. The van der Waals surface area contributed by atoms with E-state index in [4.69, 9.17) is 6.42 Å². The Morgan fingerprint density at radius 1 is 1.64 bits per heavy atom. The quantitative estimate of drug-likeness (QED) is 0.433. The summed E-state index contributed by atoms with van der Waals surface area (Å²) in [7, 11) is 1.28. The molecule has 0 atom stereocenters. The first-order chi connectivity index (χ1) is 5.20. The number of rotatable bonds is 3. The lowest BCUT2D eigenvalue weighted by atomic mass is 10.4. The van der Waals surface area contributed by atoms with Crippen molar-refractivity contribution in [3.05, 3.63) is 0 Å². The second-order valence-electron chi connectivity index (χ2n) is 1.73. The predicted octanol–water partition coefficient (Wildman–Crippen LogP) is -0.701. The van der Waals surface area contributed by atoms with E-state index in [0.29, 0.717) is 0 Å². The molecular weight excluding hydrogens is 146 g/mol. The monoisotopic (exact) mass is 155 g/mol. The highest BCUT2D eigenvalue weighted by atomic mass is 16.5. The Morgan fingerprint density at radius 3 is 2.73 bits per heavy atom. The maximum Gasteiger partial charge on any atom is 0.307 e. The van der Waals surface area contributed by atoms with Gasteiger partial charge in [-0.2, -0.15) is 0 Å². The topological polar surface area (TPSA) is 55.4 Å². The molecule has 0 aliphatic heterocycles. The zero-order valence-corrected chi connectivity index (χ0v) is 6.22. The number of ether oxygens (including phenoxy) is 1. The number of terminal acetylenes is 1. The summed E-state index contributed by atoms with van der Waals surface area (Å²) in [4.78, 5) is 20.8. The number of esters is 1. The van der Waals surface area contributed by atoms with Gasteiger partial charge in [-0.1, -0.05) is 0 Å². The van der Waals surface area contributed by atoms with E-state index in [9.17, 15) is 9.59 Å². The third kappa shape index (κ3) is 4.97. The molecule has 0 saturated heterocycles. The average Bonchev–Trinajstić information content (AvgIpc) is 2.04. The highest BCUT2D eigenvalue weighted by Crippen LogP contribution is 1.80. The van der Waals surface area contributed by atoms with Crippen molar-refractivity contribution in [2.45, 2.75) is 6.42 Å². The summed E-state index contributed by atoms with van der Waals surface area (Å²) in [5.74, 6) is 0.962. The molecule has 0 aliphatic rings. The van der Waals surface area contributed by atoms with Gasteiger partial charge in [-0.15, -0.1) is 6.42 Å². The van der Waals surface area contributed by atoms with Gasteiger partial charge in [-0.3, -0.25) is 9.59 Å². The van der Waals surface area contributed by atoms with Gasteiger partial charge in [0.25, 0.3) is 5.91 Å². The van der Waals surface area contributed by atoms with Crippen molar-refractivity contribution in [3.8, 4) is 12.3 Å². The van der Waals surface area contributed by atoms with Crippen LogP contribution >= 0.6 is 0 Å². The minimum Gasteiger partial charge on any atom is -0.469 e. The van der Waals surface area contributed by atoms with E-state index in [0.717, 1.165) is 0 Å². The summed E-state index contributed by atoms with van der Waals surface area (Å²) in [6.45, 7) is 0.218. The average molecular weight is 155 g/mol. The standard InChI is InChI=1S/C7H9NO3/c1-3-6(9)8-5-4-7(10)11-2/h1H,4-5H2,2H3,(H,8,9). The van der Waals surface area contributed by atoms with Gasteiger partial charge in [0.05, 0.1) is 13.5 Å². The molecule has 0 aliphatic carbocycles. The third-order valence-electron chi connectivity index (χ3n) is 0.973. The Kier molecular flexibility index (Phi) is 4.58. The Bertz CT molecular complexity index is 192. The first kappa shape index (κ1) is 9.50. The van der Waals surface area contributed by atoms with Gasteiger partial charge in [0.15, 0.2) is 0 Å². The van der Waals surface area contributed by atoms with Gasteiger partial charge >= 0.3 is 5.97 Å². The number of nitrogens with one attached hydrogen (secondary N) is 1. The van der Waals surface area contributed by atoms with E-state index in [1.807, 2.05) is 5.92 Å². The molecule has 60 valence electrons. The fourth-order valence-corrected chi connectivity index (χ4v) is 0.431. The summed E-state index contributed by atoms with van der Waals surface area (Å²) in [5.41, 5.74) is 0. The highest BCUT2D eigenvalue weighted by molar-refractivity contribution is 5.92. The fourth-order valence-electron chi connectivity index (χ4n) is 0.431. The summed E-state index contributed by atoms with van der Waals surface area (Å²) < 4.78 is 4.32. The second kappa shape index (κ2) is 5.30. The highest BCUT2D eigenvalue weighted by Gasteiger charge is 1.99. The molecule has 0 aromatic carbocycles. The van der Waals surface area contributed by atoms with Crippen LogP contribution in [0.5, 0.6) is 0 Å². The molecule has 4 nitrogen and oxygen atoms in total. The Balaban J connectivity index is 3.36. The van der Waals surface area contributed by atoms with Gasteiger partial charge in [0.2, 0.25) is 0 Å². The molecular formula is C7H9NO3. The molecule has 1 N–H and O–H groups in total. The number of methoxy groups -OCH3 is 1. The molecule has 0 aromatic heterocycles. The predicted molar refractivity (Wildman–Crippen MR) is 38.5 cm³/mol. The van der Waals surface area contributed by atoms with Gasteiger partial charge in [0.1, 0.15) is 0 Å². The lowest BCUT2D eigenvalue weighted by Gasteiger charge is -1.98. The first-order valence-electron chi connectivity index (χ1n) is 3.02. The maximum absolute atomic E-state index is 10.5. The van der Waals surface area contributed by atoms with Crippen LogP contribution in [0.25, 0.3) is 0 Å². The molecule has 0 heterocycles. The summed E-state index contributed by atoms with van der Waals surface area (Å²) in [6, 6.07) is 0. The molecule has 0 spiro atoms. The van der Waals surface area contributed by atoms with Crippen LogP contribution in [0.1, 0.15) is 6.42 Å². The molecule has 0 bridgehead atoms. The van der Waals surface area contributed by atoms with Crippen LogP contribution in [0.2, 0.25) is 0 Å². The fraction of sp³-hybridized carbons (Fsp3) is 0.429. The van der Waals surface area contributed by atoms with Crippen LogP contribution in [0.15, 0.2) is 0 Å². The van der Waals surface area contributed by atoms with E-state index >= 15 is 0 Å². The van der Waals surface area contributed by atoms with Crippen molar-refractivity contribution in [2.24, 2.45) is 0 Å². The maximum atomic E-state index is 10.5. The zero-order valence-electron chi connectivity index (χ0n) is 6.22. The van der Waals surface area contributed by atoms with Crippen molar-refractivity contribution in [1.29, 1.82) is 0 Å². The molecule has 11 heavy (non-hydrogen) atoms. The number of carbonyl (C=O) groups is 2. The third-order valence-corrected chi connectivity index (χ3v) is 0.973. The molecule has 4 heteroatoms. The van der Waals surface area contributed by atoms with Crippen molar-refractivity contribution in [1.82, 2.24) is 5.32 Å². The minimum absolute atomic E-state index is 0.143. The van der Waals surface area contributed by atoms with Crippen LogP contribution in [0, 0.1) is 12.3 Å². The van der Waals surface area contributed by atoms with Crippen molar-refractivity contribution in [3.63, 3.8) is 0 Å². The Morgan fingerprint density at radius 2 is 2.27 bits per heavy atom. The van der Waals surface area contributed by atoms with Gasteiger partial charge < -0.3 is 10.1 Å². The van der Waals surface area contributed by atoms with Crippen LogP contribution in [0.3, 0.4) is 0 Å². The van der Waals surface area contributed by atoms with E-state index < -0.39 is 5.91 Å². The summed E-state index contributed by atoms with van der Waals surface area (Å²) in [5, 5.41) is 2.32. The summed E-state index contributed by atoms with van der Waals surface area (Å²) >= 11 is 0. The smallest absolute Gasteiger partial charge is 0.307 e. The van der Waals surface area contributed by atoms with Crippen LogP contribution < -0.4 is 5.32 Å². The van der Waals surface area contributed by atoms with Gasteiger partial charge in [0, 0.05) is 6.54 Å². The van der Waals surface area contributed by atoms with Crippen molar-refractivity contribution < 1.29 is 14.3 Å². The lowest BCUT2D eigenvalue weighted by Crippen LogP contribution is -2.24. The first-order valence-corrected chi connectivity index (χ1v) is 3.02. The van der Waals surface area contributed by atoms with E-state index in [2.05, 4.69) is 10.1 Å². The Hall–Kier alpha value is -1.50. The van der Waals surface area contributed by atoms with Crippen LogP contribution in [-0.4, -0.2) is 25.5 Å². The Labute approximate surface area is 64.9 Å². The van der Waals surface area contributed by atoms with Gasteiger partial charge in [-0.05, 0) is 5.92 Å². The molecule has 0 fully saturated rings. The van der Waals surface area contributed by atoms with Crippen molar-refractivity contribution in [2.75, 3.05) is 13.7 Å². The molecule has 0 rings (SSSR count). The molecule has 0 radical (unpaired) electrons. The zero-order chi connectivity index (χ0) is 8.69. The largest absolute Gasteiger partial charge is 0.469 e. The number of hydrogen-bond donors (Lipinski definition) is 1. The van der Waals surface area contributed by atoms with Crippen LogP contribution in [0.4, 0.5) is 0 Å². The van der Waals surface area contributed by atoms with E-state index in [1.54, 1.807) is 0 Å². The SMILES string of the molecule is C#CC(=O)NCCC(=O)OC. The number of amides is 1. The van der Waals surface area contributed by atoms with Gasteiger partial charge in [-0.25, -0.2) is 0 Å². The molecule has 0 saturated carbocycles. The molecule has 0 aromatic rings. The van der Waals surface area contributed by atoms with E-state index in [1.165, 1.54) is 7.11 Å². The van der Waals surface area contributed by atoms with Crippen molar-refractivity contribution >= 4 is 11.9 Å². The normalized spacial score (nSPS) is 8.00. The van der Waals surface area contributed by atoms with Crippen LogP contribution in [-0.2, 0) is 14.3 Å². The number of carbonyl (C=O) groups excluding carboxylic acids is 2. The lowest BCUT2D eigenvalue weighted by molar-refractivity contribution is -0.140. The number of hydrogen-bond acceptors (Lipinski definition) is 3. The van der Waals surface area contributed by atoms with E-state index in [-0.39, 0.29) is 18.9 Å². The molecule has 1 amide bonds. The summed E-state index contributed by atoms with van der Waals surface area (Å²) in [6.07, 6.45) is 4.89. The molecule has 0 unspecified atom stereocenters.